The van der Waals surface area contributed by atoms with Gasteiger partial charge in [-0.3, -0.25) is 4.79 Å². The molecule has 1 amide bonds. The lowest BCUT2D eigenvalue weighted by Gasteiger charge is -2.12. The quantitative estimate of drug-likeness (QED) is 0.782. The van der Waals surface area contributed by atoms with Crippen molar-refractivity contribution in [2.75, 3.05) is 19.6 Å². The van der Waals surface area contributed by atoms with Gasteiger partial charge in [0.2, 0.25) is 5.91 Å². The van der Waals surface area contributed by atoms with Crippen molar-refractivity contribution in [1.82, 2.24) is 20.2 Å². The zero-order valence-corrected chi connectivity index (χ0v) is 10.3. The van der Waals surface area contributed by atoms with Gasteiger partial charge in [0.1, 0.15) is 0 Å². The van der Waals surface area contributed by atoms with Crippen LogP contribution >= 0.6 is 0 Å². The summed E-state index contributed by atoms with van der Waals surface area (Å²) in [6.07, 6.45) is 5.44. The molecule has 1 fully saturated rings. The first-order chi connectivity index (χ1) is 8.31. The minimum Gasteiger partial charge on any atom is -0.356 e. The van der Waals surface area contributed by atoms with Crippen LogP contribution in [0.5, 0.6) is 0 Å². The SMILES string of the molecule is CCNC(=O)CCn1cncc1C1CCNC1. The molecule has 0 radical (unpaired) electrons. The van der Waals surface area contributed by atoms with E-state index in [1.54, 1.807) is 0 Å². The third kappa shape index (κ3) is 3.06. The summed E-state index contributed by atoms with van der Waals surface area (Å²) in [5, 5.41) is 6.16. The highest BCUT2D eigenvalue weighted by molar-refractivity contribution is 5.75. The summed E-state index contributed by atoms with van der Waals surface area (Å²) in [7, 11) is 0. The maximum Gasteiger partial charge on any atom is 0.221 e. The molecular weight excluding hydrogens is 216 g/mol. The fourth-order valence-corrected chi connectivity index (χ4v) is 2.27. The van der Waals surface area contributed by atoms with E-state index >= 15 is 0 Å². The van der Waals surface area contributed by atoms with E-state index in [0.717, 1.165) is 26.1 Å². The number of aryl methyl sites for hydroxylation is 1. The first kappa shape index (κ1) is 12.1. The lowest BCUT2D eigenvalue weighted by Crippen LogP contribution is -2.24. The van der Waals surface area contributed by atoms with E-state index < -0.39 is 0 Å². The highest BCUT2D eigenvalue weighted by atomic mass is 16.1. The Bertz CT molecular complexity index is 368. The molecule has 17 heavy (non-hydrogen) atoms. The van der Waals surface area contributed by atoms with E-state index in [1.807, 2.05) is 19.4 Å². The number of carbonyl (C=O) groups excluding carboxylic acids is 1. The summed E-state index contributed by atoms with van der Waals surface area (Å²) < 4.78 is 2.10. The number of aromatic nitrogens is 2. The van der Waals surface area contributed by atoms with Crippen molar-refractivity contribution in [2.45, 2.75) is 32.2 Å². The monoisotopic (exact) mass is 236 g/mol. The van der Waals surface area contributed by atoms with Crippen LogP contribution in [-0.2, 0) is 11.3 Å². The number of amides is 1. The van der Waals surface area contributed by atoms with Crippen LogP contribution in [0.15, 0.2) is 12.5 Å². The van der Waals surface area contributed by atoms with Gasteiger partial charge in [-0.2, -0.15) is 0 Å². The molecule has 1 unspecified atom stereocenters. The molecule has 5 nitrogen and oxygen atoms in total. The molecule has 2 rings (SSSR count). The average Bonchev–Trinajstić information content (AvgIpc) is 2.97. The Morgan fingerprint density at radius 1 is 1.71 bits per heavy atom. The van der Waals surface area contributed by atoms with Crippen LogP contribution in [-0.4, -0.2) is 35.1 Å². The Balaban J connectivity index is 1.92. The number of imidazole rings is 1. The van der Waals surface area contributed by atoms with Gasteiger partial charge in [-0.05, 0) is 19.9 Å². The standard InChI is InChI=1S/C12H20N4O/c1-2-15-12(17)4-6-16-9-14-8-11(16)10-3-5-13-7-10/h8-10,13H,2-7H2,1H3,(H,15,17). The average molecular weight is 236 g/mol. The maximum atomic E-state index is 11.4. The molecule has 1 aliphatic heterocycles. The molecule has 5 heteroatoms. The van der Waals surface area contributed by atoms with Gasteiger partial charge >= 0.3 is 0 Å². The van der Waals surface area contributed by atoms with Crippen LogP contribution in [0.2, 0.25) is 0 Å². The molecule has 1 aromatic heterocycles. The van der Waals surface area contributed by atoms with Gasteiger partial charge in [0.25, 0.3) is 0 Å². The Hall–Kier alpha value is -1.36. The highest BCUT2D eigenvalue weighted by Gasteiger charge is 2.20. The van der Waals surface area contributed by atoms with Crippen molar-refractivity contribution in [3.63, 3.8) is 0 Å². The van der Waals surface area contributed by atoms with Crippen LogP contribution in [0, 0.1) is 0 Å². The molecule has 94 valence electrons. The smallest absolute Gasteiger partial charge is 0.221 e. The highest BCUT2D eigenvalue weighted by Crippen LogP contribution is 2.21. The number of hydrogen-bond donors (Lipinski definition) is 2. The molecule has 0 spiro atoms. The van der Waals surface area contributed by atoms with E-state index in [2.05, 4.69) is 20.2 Å². The molecule has 1 aromatic rings. The molecule has 0 bridgehead atoms. The van der Waals surface area contributed by atoms with Crippen molar-refractivity contribution in [1.29, 1.82) is 0 Å². The second-order valence-electron chi connectivity index (χ2n) is 4.41. The predicted octanol–water partition coefficient (Wildman–Crippen LogP) is 0.486. The first-order valence-corrected chi connectivity index (χ1v) is 6.28. The van der Waals surface area contributed by atoms with Crippen LogP contribution in [0.3, 0.4) is 0 Å². The fourth-order valence-electron chi connectivity index (χ4n) is 2.27. The molecule has 1 aliphatic rings. The van der Waals surface area contributed by atoms with Crippen LogP contribution in [0.25, 0.3) is 0 Å². The van der Waals surface area contributed by atoms with Crippen LogP contribution in [0.1, 0.15) is 31.4 Å². The Morgan fingerprint density at radius 3 is 3.29 bits per heavy atom. The van der Waals surface area contributed by atoms with E-state index in [0.29, 0.717) is 18.9 Å². The van der Waals surface area contributed by atoms with Gasteiger partial charge < -0.3 is 15.2 Å². The van der Waals surface area contributed by atoms with Crippen molar-refractivity contribution in [3.8, 4) is 0 Å². The zero-order chi connectivity index (χ0) is 12.1. The summed E-state index contributed by atoms with van der Waals surface area (Å²) in [4.78, 5) is 15.6. The Morgan fingerprint density at radius 2 is 2.59 bits per heavy atom. The summed E-state index contributed by atoms with van der Waals surface area (Å²) in [6.45, 7) is 5.45. The molecule has 2 N–H and O–H groups in total. The van der Waals surface area contributed by atoms with Crippen molar-refractivity contribution >= 4 is 5.91 Å². The lowest BCUT2D eigenvalue weighted by molar-refractivity contribution is -0.121. The third-order valence-corrected chi connectivity index (χ3v) is 3.18. The summed E-state index contributed by atoms with van der Waals surface area (Å²) in [5.41, 5.74) is 1.25. The summed E-state index contributed by atoms with van der Waals surface area (Å²) in [6, 6.07) is 0. The number of rotatable bonds is 5. The third-order valence-electron chi connectivity index (χ3n) is 3.18. The van der Waals surface area contributed by atoms with Gasteiger partial charge in [0, 0.05) is 43.9 Å². The Labute approximate surface area is 102 Å². The predicted molar refractivity (Wildman–Crippen MR) is 65.8 cm³/mol. The van der Waals surface area contributed by atoms with Gasteiger partial charge in [0.05, 0.1) is 6.33 Å². The van der Waals surface area contributed by atoms with Crippen molar-refractivity contribution in [2.24, 2.45) is 0 Å². The maximum absolute atomic E-state index is 11.4. The van der Waals surface area contributed by atoms with Crippen LogP contribution < -0.4 is 10.6 Å². The molecule has 1 saturated heterocycles. The first-order valence-electron chi connectivity index (χ1n) is 6.28. The second-order valence-corrected chi connectivity index (χ2v) is 4.41. The van der Waals surface area contributed by atoms with E-state index in [9.17, 15) is 4.79 Å². The Kier molecular flexibility index (Phi) is 4.14. The van der Waals surface area contributed by atoms with Gasteiger partial charge in [0.15, 0.2) is 0 Å². The number of nitrogens with one attached hydrogen (secondary N) is 2. The van der Waals surface area contributed by atoms with E-state index in [1.165, 1.54) is 5.69 Å². The van der Waals surface area contributed by atoms with Crippen molar-refractivity contribution < 1.29 is 4.79 Å². The van der Waals surface area contributed by atoms with Gasteiger partial charge in [-0.1, -0.05) is 0 Å². The largest absolute Gasteiger partial charge is 0.356 e. The molecule has 0 aliphatic carbocycles. The zero-order valence-electron chi connectivity index (χ0n) is 10.3. The molecule has 2 heterocycles. The fraction of sp³-hybridized carbons (Fsp3) is 0.667. The van der Waals surface area contributed by atoms with Crippen molar-refractivity contribution in [3.05, 3.63) is 18.2 Å². The minimum atomic E-state index is 0.108. The molecule has 0 saturated carbocycles. The van der Waals surface area contributed by atoms with E-state index in [-0.39, 0.29) is 5.91 Å². The number of hydrogen-bond acceptors (Lipinski definition) is 3. The van der Waals surface area contributed by atoms with E-state index in [4.69, 9.17) is 0 Å². The van der Waals surface area contributed by atoms with Gasteiger partial charge in [-0.15, -0.1) is 0 Å². The number of carbonyl (C=O) groups is 1. The minimum absolute atomic E-state index is 0.108. The molecular formula is C12H20N4O. The lowest BCUT2D eigenvalue weighted by atomic mass is 10.1. The topological polar surface area (TPSA) is 59.0 Å². The summed E-state index contributed by atoms with van der Waals surface area (Å²) >= 11 is 0. The normalized spacial score (nSPS) is 19.5. The number of nitrogens with zero attached hydrogens (tertiary/aromatic N) is 2. The molecule has 1 atom stereocenters. The second kappa shape index (κ2) is 5.82. The molecule has 0 aromatic carbocycles. The summed E-state index contributed by atoms with van der Waals surface area (Å²) in [5.74, 6) is 0.656. The van der Waals surface area contributed by atoms with Gasteiger partial charge in [-0.25, -0.2) is 4.98 Å². The van der Waals surface area contributed by atoms with Crippen LogP contribution in [0.4, 0.5) is 0 Å².